The van der Waals surface area contributed by atoms with Gasteiger partial charge in [0.2, 0.25) is 0 Å². The largest absolute Gasteiger partial charge is 0.378 e. The molecule has 2 atom stereocenters. The van der Waals surface area contributed by atoms with Crippen LogP contribution in [0.3, 0.4) is 0 Å². The quantitative estimate of drug-likeness (QED) is 0.616. The van der Waals surface area contributed by atoms with Gasteiger partial charge in [0.05, 0.1) is 19.3 Å². The lowest BCUT2D eigenvalue weighted by atomic mass is 9.78. The Kier molecular flexibility index (Phi) is 5.27. The molecular formula is C15H29N3O2. The van der Waals surface area contributed by atoms with Crippen molar-refractivity contribution in [3.8, 4) is 0 Å². The van der Waals surface area contributed by atoms with Crippen molar-refractivity contribution in [2.45, 2.75) is 39.7 Å². The van der Waals surface area contributed by atoms with E-state index >= 15 is 0 Å². The summed E-state index contributed by atoms with van der Waals surface area (Å²) >= 11 is 0. The molecule has 116 valence electrons. The van der Waals surface area contributed by atoms with Crippen LogP contribution in [-0.4, -0.2) is 56.4 Å². The zero-order valence-electron chi connectivity index (χ0n) is 13.1. The first-order valence-corrected chi connectivity index (χ1v) is 7.72. The Morgan fingerprint density at radius 1 is 1.25 bits per heavy atom. The summed E-state index contributed by atoms with van der Waals surface area (Å²) in [5, 5.41) is 0. The fourth-order valence-electron chi connectivity index (χ4n) is 3.09. The lowest BCUT2D eigenvalue weighted by Gasteiger charge is -2.39. The predicted molar refractivity (Wildman–Crippen MR) is 80.8 cm³/mol. The van der Waals surface area contributed by atoms with Gasteiger partial charge in [-0.25, -0.2) is 0 Å². The van der Waals surface area contributed by atoms with Crippen LogP contribution >= 0.6 is 0 Å². The van der Waals surface area contributed by atoms with E-state index in [1.807, 2.05) is 0 Å². The van der Waals surface area contributed by atoms with Crippen molar-refractivity contribution in [2.24, 2.45) is 22.1 Å². The van der Waals surface area contributed by atoms with E-state index < -0.39 is 0 Å². The van der Waals surface area contributed by atoms with Crippen LogP contribution in [0.15, 0.2) is 4.99 Å². The van der Waals surface area contributed by atoms with Crippen LogP contribution in [0, 0.1) is 11.3 Å². The molecule has 5 heteroatoms. The second-order valence-electron chi connectivity index (χ2n) is 6.86. The van der Waals surface area contributed by atoms with E-state index in [1.165, 1.54) is 6.42 Å². The van der Waals surface area contributed by atoms with Crippen molar-refractivity contribution >= 4 is 5.96 Å². The lowest BCUT2D eigenvalue weighted by molar-refractivity contribution is -0.0824. The highest BCUT2D eigenvalue weighted by atomic mass is 16.5. The molecule has 0 spiro atoms. The predicted octanol–water partition coefficient (Wildman–Crippen LogP) is 1.47. The number of aliphatic imine (C=N–C) groups is 1. The van der Waals surface area contributed by atoms with Crippen LogP contribution in [0.2, 0.25) is 0 Å². The van der Waals surface area contributed by atoms with Crippen molar-refractivity contribution in [3.63, 3.8) is 0 Å². The van der Waals surface area contributed by atoms with Gasteiger partial charge in [0.25, 0.3) is 0 Å². The minimum absolute atomic E-state index is 0.161. The fourth-order valence-corrected chi connectivity index (χ4v) is 3.09. The maximum absolute atomic E-state index is 6.10. The van der Waals surface area contributed by atoms with Crippen LogP contribution in [-0.2, 0) is 9.47 Å². The number of guanidine groups is 1. The summed E-state index contributed by atoms with van der Waals surface area (Å²) in [5.74, 6) is 1.13. The molecular weight excluding hydrogens is 254 g/mol. The second kappa shape index (κ2) is 6.76. The Hall–Kier alpha value is -0.810. The number of hydrogen-bond acceptors (Lipinski definition) is 3. The molecule has 0 bridgehead atoms. The van der Waals surface area contributed by atoms with Crippen LogP contribution < -0.4 is 5.73 Å². The van der Waals surface area contributed by atoms with E-state index in [1.54, 1.807) is 0 Å². The van der Waals surface area contributed by atoms with Gasteiger partial charge in [-0.3, -0.25) is 4.99 Å². The van der Waals surface area contributed by atoms with Gasteiger partial charge in [0.15, 0.2) is 5.96 Å². The van der Waals surface area contributed by atoms with E-state index in [0.717, 1.165) is 45.9 Å². The van der Waals surface area contributed by atoms with E-state index in [-0.39, 0.29) is 11.5 Å². The molecule has 20 heavy (non-hydrogen) atoms. The normalized spacial score (nSPS) is 29.6. The highest BCUT2D eigenvalue weighted by Gasteiger charge is 2.35. The molecule has 2 aliphatic heterocycles. The standard InChI is InChI=1S/C15H29N3O2/c1-15(2,3)13-12(5-4-8-20-13)11-17-14(16)18-6-9-19-10-7-18/h12-13H,4-11H2,1-3H3,(H2,16,17). The summed E-state index contributed by atoms with van der Waals surface area (Å²) in [7, 11) is 0. The number of rotatable bonds is 2. The van der Waals surface area contributed by atoms with Crippen LogP contribution in [0.1, 0.15) is 33.6 Å². The smallest absolute Gasteiger partial charge is 0.191 e. The van der Waals surface area contributed by atoms with Gasteiger partial charge in [-0.2, -0.15) is 0 Å². The minimum atomic E-state index is 0.161. The Morgan fingerprint density at radius 2 is 1.95 bits per heavy atom. The number of morpholine rings is 1. The molecule has 2 N–H and O–H groups in total. The Morgan fingerprint density at radius 3 is 2.60 bits per heavy atom. The van der Waals surface area contributed by atoms with Gasteiger partial charge in [0, 0.05) is 32.2 Å². The molecule has 2 aliphatic rings. The van der Waals surface area contributed by atoms with Crippen LogP contribution in [0.5, 0.6) is 0 Å². The molecule has 0 aromatic rings. The minimum Gasteiger partial charge on any atom is -0.378 e. The first kappa shape index (κ1) is 15.6. The molecule has 0 radical (unpaired) electrons. The van der Waals surface area contributed by atoms with E-state index in [4.69, 9.17) is 15.2 Å². The molecule has 5 nitrogen and oxygen atoms in total. The van der Waals surface area contributed by atoms with Gasteiger partial charge in [0.1, 0.15) is 0 Å². The van der Waals surface area contributed by atoms with Gasteiger partial charge in [-0.05, 0) is 18.3 Å². The van der Waals surface area contributed by atoms with E-state index in [0.29, 0.717) is 11.9 Å². The molecule has 2 saturated heterocycles. The molecule has 0 saturated carbocycles. The molecule has 0 aromatic carbocycles. The lowest BCUT2D eigenvalue weighted by Crippen LogP contribution is -2.46. The summed E-state index contributed by atoms with van der Waals surface area (Å²) in [6.07, 6.45) is 2.59. The number of nitrogens with two attached hydrogens (primary N) is 1. The van der Waals surface area contributed by atoms with Gasteiger partial charge in [-0.15, -0.1) is 0 Å². The van der Waals surface area contributed by atoms with Crippen LogP contribution in [0.4, 0.5) is 0 Å². The molecule has 2 fully saturated rings. The van der Waals surface area contributed by atoms with E-state index in [2.05, 4.69) is 30.7 Å². The molecule has 0 aromatic heterocycles. The van der Waals surface area contributed by atoms with Crippen molar-refractivity contribution < 1.29 is 9.47 Å². The Labute approximate surface area is 122 Å². The number of hydrogen-bond donors (Lipinski definition) is 1. The van der Waals surface area contributed by atoms with Crippen molar-refractivity contribution in [1.82, 2.24) is 4.90 Å². The highest BCUT2D eigenvalue weighted by molar-refractivity contribution is 5.78. The monoisotopic (exact) mass is 283 g/mol. The average molecular weight is 283 g/mol. The highest BCUT2D eigenvalue weighted by Crippen LogP contribution is 2.34. The maximum Gasteiger partial charge on any atom is 0.191 e. The van der Waals surface area contributed by atoms with Crippen LogP contribution in [0.25, 0.3) is 0 Å². The second-order valence-corrected chi connectivity index (χ2v) is 6.86. The molecule has 2 rings (SSSR count). The molecule has 2 heterocycles. The SMILES string of the molecule is CC(C)(C)C1OCCCC1CN=C(N)N1CCOCC1. The third kappa shape index (κ3) is 4.09. The third-order valence-electron chi connectivity index (χ3n) is 4.12. The maximum atomic E-state index is 6.10. The summed E-state index contributed by atoms with van der Waals surface area (Å²) in [5.41, 5.74) is 6.26. The zero-order valence-corrected chi connectivity index (χ0v) is 13.1. The first-order valence-electron chi connectivity index (χ1n) is 7.72. The van der Waals surface area contributed by atoms with Gasteiger partial charge < -0.3 is 20.1 Å². The topological polar surface area (TPSA) is 60.1 Å². The van der Waals surface area contributed by atoms with E-state index in [9.17, 15) is 0 Å². The fraction of sp³-hybridized carbons (Fsp3) is 0.933. The van der Waals surface area contributed by atoms with Gasteiger partial charge in [-0.1, -0.05) is 20.8 Å². The number of nitrogens with zero attached hydrogens (tertiary/aromatic N) is 2. The number of ether oxygens (including phenoxy) is 2. The average Bonchev–Trinajstić information content (AvgIpc) is 2.45. The molecule has 0 amide bonds. The summed E-state index contributed by atoms with van der Waals surface area (Å²) in [6, 6.07) is 0. The summed E-state index contributed by atoms with van der Waals surface area (Å²) < 4.78 is 11.3. The third-order valence-corrected chi connectivity index (χ3v) is 4.12. The van der Waals surface area contributed by atoms with Crippen molar-refractivity contribution in [1.29, 1.82) is 0 Å². The van der Waals surface area contributed by atoms with Gasteiger partial charge >= 0.3 is 0 Å². The Bertz CT molecular complexity index is 333. The van der Waals surface area contributed by atoms with Crippen molar-refractivity contribution in [3.05, 3.63) is 0 Å². The first-order chi connectivity index (χ1) is 9.48. The molecule has 0 aliphatic carbocycles. The summed E-state index contributed by atoms with van der Waals surface area (Å²) in [4.78, 5) is 6.73. The summed E-state index contributed by atoms with van der Waals surface area (Å²) in [6.45, 7) is 11.5. The van der Waals surface area contributed by atoms with Crippen molar-refractivity contribution in [2.75, 3.05) is 39.5 Å². The Balaban J connectivity index is 1.93. The molecule has 2 unspecified atom stereocenters. The zero-order chi connectivity index (χ0) is 14.6.